The van der Waals surface area contributed by atoms with E-state index in [1.165, 1.54) is 0 Å². The molecule has 0 amide bonds. The number of anilines is 3. The Balaban J connectivity index is 1.82. The molecule has 0 unspecified atom stereocenters. The number of nitrogens with one attached hydrogen (secondary N) is 1. The van der Waals surface area contributed by atoms with Gasteiger partial charge in [-0.1, -0.05) is 6.07 Å². The Labute approximate surface area is 129 Å². The lowest BCUT2D eigenvalue weighted by Crippen LogP contribution is -2.37. The first kappa shape index (κ1) is 14.5. The minimum absolute atomic E-state index is 0.452. The van der Waals surface area contributed by atoms with Gasteiger partial charge < -0.3 is 19.7 Å². The van der Waals surface area contributed by atoms with Crippen LogP contribution in [0.3, 0.4) is 0 Å². The Morgan fingerprint density at radius 1 is 1.27 bits per heavy atom. The van der Waals surface area contributed by atoms with Gasteiger partial charge in [0.05, 0.1) is 32.2 Å². The third-order valence-corrected chi connectivity index (χ3v) is 3.48. The lowest BCUT2D eigenvalue weighted by atomic mass is 10.2. The van der Waals surface area contributed by atoms with Gasteiger partial charge in [-0.2, -0.15) is 10.1 Å². The molecule has 1 fully saturated rings. The highest BCUT2D eigenvalue weighted by Crippen LogP contribution is 2.27. The molecule has 2 heterocycles. The van der Waals surface area contributed by atoms with Crippen molar-refractivity contribution in [3.8, 4) is 5.75 Å². The first-order chi connectivity index (χ1) is 10.8. The second kappa shape index (κ2) is 6.57. The molecule has 1 N–H and O–H groups in total. The highest BCUT2D eigenvalue weighted by Gasteiger charge is 2.14. The van der Waals surface area contributed by atoms with Gasteiger partial charge in [-0.05, 0) is 24.6 Å². The van der Waals surface area contributed by atoms with E-state index in [-0.39, 0.29) is 0 Å². The quantitative estimate of drug-likeness (QED) is 0.922. The third-order valence-electron chi connectivity index (χ3n) is 3.48. The third kappa shape index (κ3) is 3.25. The molecule has 1 aromatic carbocycles. The zero-order valence-corrected chi connectivity index (χ0v) is 12.7. The average molecular weight is 301 g/mol. The summed E-state index contributed by atoms with van der Waals surface area (Å²) in [6.45, 7) is 5.06. The molecule has 0 aliphatic carbocycles. The van der Waals surface area contributed by atoms with E-state index in [0.29, 0.717) is 19.2 Å². The zero-order valence-electron chi connectivity index (χ0n) is 12.7. The van der Waals surface area contributed by atoms with Crippen LogP contribution < -0.4 is 15.0 Å². The molecule has 3 rings (SSSR count). The van der Waals surface area contributed by atoms with Gasteiger partial charge in [0.2, 0.25) is 5.95 Å². The molecule has 116 valence electrons. The lowest BCUT2D eigenvalue weighted by molar-refractivity contribution is 0.122. The number of aryl methyl sites for hydroxylation is 1. The van der Waals surface area contributed by atoms with Gasteiger partial charge in [0.15, 0.2) is 5.82 Å². The fraction of sp³-hybridized carbons (Fsp3) is 0.400. The van der Waals surface area contributed by atoms with E-state index in [1.54, 1.807) is 13.3 Å². The van der Waals surface area contributed by atoms with Gasteiger partial charge in [-0.15, -0.1) is 5.10 Å². The number of aromatic nitrogens is 3. The van der Waals surface area contributed by atoms with Crippen LogP contribution in [0.25, 0.3) is 0 Å². The van der Waals surface area contributed by atoms with Crippen molar-refractivity contribution in [2.75, 3.05) is 43.6 Å². The van der Waals surface area contributed by atoms with E-state index in [0.717, 1.165) is 35.9 Å². The van der Waals surface area contributed by atoms with Crippen LogP contribution in [0.5, 0.6) is 5.75 Å². The van der Waals surface area contributed by atoms with E-state index in [9.17, 15) is 0 Å². The van der Waals surface area contributed by atoms with Crippen molar-refractivity contribution in [2.45, 2.75) is 6.92 Å². The molecule has 7 heteroatoms. The monoisotopic (exact) mass is 301 g/mol. The number of methoxy groups -OCH3 is 1. The highest BCUT2D eigenvalue weighted by atomic mass is 16.5. The minimum atomic E-state index is 0.452. The maximum absolute atomic E-state index is 5.35. The van der Waals surface area contributed by atoms with Crippen LogP contribution in [-0.2, 0) is 4.74 Å². The van der Waals surface area contributed by atoms with E-state index in [1.807, 2.05) is 25.1 Å². The van der Waals surface area contributed by atoms with Gasteiger partial charge in [-0.3, -0.25) is 0 Å². The topological polar surface area (TPSA) is 72.4 Å². The van der Waals surface area contributed by atoms with Crippen molar-refractivity contribution >= 4 is 17.5 Å². The number of benzene rings is 1. The fourth-order valence-electron chi connectivity index (χ4n) is 2.33. The predicted molar refractivity (Wildman–Crippen MR) is 83.9 cm³/mol. The van der Waals surface area contributed by atoms with Crippen LogP contribution in [-0.4, -0.2) is 48.6 Å². The van der Waals surface area contributed by atoms with Crippen molar-refractivity contribution in [3.05, 3.63) is 30.0 Å². The summed E-state index contributed by atoms with van der Waals surface area (Å²) in [5.41, 5.74) is 1.95. The number of hydrogen-bond donors (Lipinski definition) is 1. The van der Waals surface area contributed by atoms with Crippen LogP contribution in [0.4, 0.5) is 17.5 Å². The van der Waals surface area contributed by atoms with Crippen molar-refractivity contribution in [1.82, 2.24) is 15.2 Å². The summed E-state index contributed by atoms with van der Waals surface area (Å²) in [6, 6.07) is 5.90. The number of rotatable bonds is 4. The van der Waals surface area contributed by atoms with Crippen molar-refractivity contribution < 1.29 is 9.47 Å². The van der Waals surface area contributed by atoms with Gasteiger partial charge >= 0.3 is 0 Å². The van der Waals surface area contributed by atoms with Crippen molar-refractivity contribution in [3.63, 3.8) is 0 Å². The average Bonchev–Trinajstić information content (AvgIpc) is 2.56. The fourth-order valence-corrected chi connectivity index (χ4v) is 2.33. The van der Waals surface area contributed by atoms with E-state index in [2.05, 4.69) is 25.4 Å². The summed E-state index contributed by atoms with van der Waals surface area (Å²) >= 11 is 0. The van der Waals surface area contributed by atoms with Gasteiger partial charge in [0.1, 0.15) is 5.75 Å². The number of nitrogens with zero attached hydrogens (tertiary/aromatic N) is 4. The van der Waals surface area contributed by atoms with Crippen molar-refractivity contribution in [1.29, 1.82) is 0 Å². The second-order valence-electron chi connectivity index (χ2n) is 5.07. The molecule has 22 heavy (non-hydrogen) atoms. The molecule has 0 bridgehead atoms. The summed E-state index contributed by atoms with van der Waals surface area (Å²) < 4.78 is 10.7. The molecule has 0 spiro atoms. The first-order valence-corrected chi connectivity index (χ1v) is 7.20. The Bertz CT molecular complexity index is 644. The maximum Gasteiger partial charge on any atom is 0.249 e. The molecule has 1 aromatic heterocycles. The summed E-state index contributed by atoms with van der Waals surface area (Å²) in [6.07, 6.45) is 1.67. The molecule has 2 aromatic rings. The lowest BCUT2D eigenvalue weighted by Gasteiger charge is -2.27. The first-order valence-electron chi connectivity index (χ1n) is 7.20. The summed E-state index contributed by atoms with van der Waals surface area (Å²) in [4.78, 5) is 6.66. The van der Waals surface area contributed by atoms with Gasteiger partial charge in [0.25, 0.3) is 0 Å². The second-order valence-corrected chi connectivity index (χ2v) is 5.07. The Morgan fingerprint density at radius 2 is 2.09 bits per heavy atom. The summed E-state index contributed by atoms with van der Waals surface area (Å²) in [7, 11) is 1.64. The SMILES string of the molecule is COc1ccc(C)cc1Nc1nncc(N2CCOCC2)n1. The number of hydrogen-bond acceptors (Lipinski definition) is 7. The maximum atomic E-state index is 5.35. The number of morpholine rings is 1. The smallest absolute Gasteiger partial charge is 0.249 e. The van der Waals surface area contributed by atoms with Crippen LogP contribution in [0.15, 0.2) is 24.4 Å². The van der Waals surface area contributed by atoms with E-state index in [4.69, 9.17) is 9.47 Å². The molecular formula is C15H19N5O2. The minimum Gasteiger partial charge on any atom is -0.495 e. The molecule has 7 nitrogen and oxygen atoms in total. The summed E-state index contributed by atoms with van der Waals surface area (Å²) in [5, 5.41) is 11.3. The normalized spacial score (nSPS) is 14.7. The van der Waals surface area contributed by atoms with Crippen molar-refractivity contribution in [2.24, 2.45) is 0 Å². The predicted octanol–water partition coefficient (Wildman–Crippen LogP) is 1.77. The molecule has 1 aliphatic heterocycles. The Kier molecular flexibility index (Phi) is 4.34. The van der Waals surface area contributed by atoms with Crippen LogP contribution >= 0.6 is 0 Å². The summed E-state index contributed by atoms with van der Waals surface area (Å²) in [5.74, 6) is 1.99. The Hall–Kier alpha value is -2.41. The van der Waals surface area contributed by atoms with Gasteiger partial charge in [-0.25, -0.2) is 0 Å². The largest absolute Gasteiger partial charge is 0.495 e. The Morgan fingerprint density at radius 3 is 2.86 bits per heavy atom. The zero-order chi connectivity index (χ0) is 15.4. The van der Waals surface area contributed by atoms with Gasteiger partial charge in [0, 0.05) is 13.1 Å². The molecule has 0 atom stereocenters. The molecule has 1 aliphatic rings. The van der Waals surface area contributed by atoms with E-state index >= 15 is 0 Å². The highest BCUT2D eigenvalue weighted by molar-refractivity contribution is 5.64. The molecule has 0 radical (unpaired) electrons. The molecule has 0 saturated carbocycles. The molecular weight excluding hydrogens is 282 g/mol. The number of ether oxygens (including phenoxy) is 2. The van der Waals surface area contributed by atoms with Crippen LogP contribution in [0.2, 0.25) is 0 Å². The van der Waals surface area contributed by atoms with E-state index < -0.39 is 0 Å². The van der Waals surface area contributed by atoms with Crippen LogP contribution in [0.1, 0.15) is 5.56 Å². The van der Waals surface area contributed by atoms with Crippen LogP contribution in [0, 0.1) is 6.92 Å². The standard InChI is InChI=1S/C15H19N5O2/c1-11-3-4-13(21-2)12(9-11)17-15-18-14(10-16-19-15)20-5-7-22-8-6-20/h3-4,9-10H,5-8H2,1-2H3,(H,17,18,19). The molecule has 1 saturated heterocycles.